The zero-order chi connectivity index (χ0) is 15.1. The Balaban J connectivity index is 2.04. The summed E-state index contributed by atoms with van der Waals surface area (Å²) in [7, 11) is 1.70. The van der Waals surface area contributed by atoms with E-state index in [4.69, 9.17) is 4.74 Å². The lowest BCUT2D eigenvalue weighted by Gasteiger charge is -2.39. The SMILES string of the molecule is CCCNC(C)C1CCCCN1Cc1cccnc1OC. The fourth-order valence-corrected chi connectivity index (χ4v) is 3.23. The molecule has 0 spiro atoms. The van der Waals surface area contributed by atoms with E-state index in [0.717, 1.165) is 19.0 Å². The Hall–Kier alpha value is -1.13. The molecular weight excluding hydrogens is 262 g/mol. The molecule has 0 bridgehead atoms. The molecule has 0 amide bonds. The summed E-state index contributed by atoms with van der Waals surface area (Å²) < 4.78 is 5.39. The van der Waals surface area contributed by atoms with Crippen LogP contribution in [0.3, 0.4) is 0 Å². The maximum atomic E-state index is 5.39. The van der Waals surface area contributed by atoms with Crippen molar-refractivity contribution < 1.29 is 4.74 Å². The van der Waals surface area contributed by atoms with E-state index in [1.807, 2.05) is 6.07 Å². The molecule has 1 aliphatic heterocycles. The largest absolute Gasteiger partial charge is 0.481 e. The molecule has 21 heavy (non-hydrogen) atoms. The lowest BCUT2D eigenvalue weighted by molar-refractivity contribution is 0.110. The van der Waals surface area contributed by atoms with Crippen LogP contribution in [-0.4, -0.2) is 42.2 Å². The third-order valence-electron chi connectivity index (χ3n) is 4.37. The van der Waals surface area contributed by atoms with Crippen LogP contribution in [0.15, 0.2) is 18.3 Å². The van der Waals surface area contributed by atoms with Gasteiger partial charge in [0.2, 0.25) is 5.88 Å². The molecule has 0 aromatic carbocycles. The number of hydrogen-bond donors (Lipinski definition) is 1. The van der Waals surface area contributed by atoms with E-state index < -0.39 is 0 Å². The second kappa shape index (κ2) is 8.35. The predicted molar refractivity (Wildman–Crippen MR) is 86.6 cm³/mol. The van der Waals surface area contributed by atoms with Gasteiger partial charge in [0.1, 0.15) is 0 Å². The van der Waals surface area contributed by atoms with E-state index in [9.17, 15) is 0 Å². The number of piperidine rings is 1. The molecule has 1 aromatic heterocycles. The Bertz CT molecular complexity index is 424. The van der Waals surface area contributed by atoms with Crippen LogP contribution in [-0.2, 0) is 6.54 Å². The first-order valence-corrected chi connectivity index (χ1v) is 8.21. The maximum absolute atomic E-state index is 5.39. The van der Waals surface area contributed by atoms with Crippen molar-refractivity contribution in [1.82, 2.24) is 15.2 Å². The van der Waals surface area contributed by atoms with Gasteiger partial charge in [0.05, 0.1) is 7.11 Å². The smallest absolute Gasteiger partial charge is 0.217 e. The second-order valence-corrected chi connectivity index (χ2v) is 5.95. The quantitative estimate of drug-likeness (QED) is 0.838. The van der Waals surface area contributed by atoms with Crippen LogP contribution in [0.5, 0.6) is 5.88 Å². The monoisotopic (exact) mass is 291 g/mol. The molecule has 1 fully saturated rings. The molecule has 1 aromatic rings. The molecule has 1 N–H and O–H groups in total. The highest BCUT2D eigenvalue weighted by molar-refractivity contribution is 5.25. The van der Waals surface area contributed by atoms with Crippen LogP contribution in [0.4, 0.5) is 0 Å². The van der Waals surface area contributed by atoms with E-state index in [-0.39, 0.29) is 0 Å². The first kappa shape index (κ1) is 16.2. The minimum absolute atomic E-state index is 0.535. The van der Waals surface area contributed by atoms with Crippen molar-refractivity contribution in [2.24, 2.45) is 0 Å². The number of nitrogens with zero attached hydrogens (tertiary/aromatic N) is 2. The average Bonchev–Trinajstić information content (AvgIpc) is 2.53. The minimum atomic E-state index is 0.535. The average molecular weight is 291 g/mol. The number of rotatable bonds is 7. The molecule has 2 heterocycles. The Morgan fingerprint density at radius 1 is 1.48 bits per heavy atom. The minimum Gasteiger partial charge on any atom is -0.481 e. The fraction of sp³-hybridized carbons (Fsp3) is 0.706. The summed E-state index contributed by atoms with van der Waals surface area (Å²) in [6.07, 6.45) is 6.89. The third kappa shape index (κ3) is 4.42. The van der Waals surface area contributed by atoms with Gasteiger partial charge in [-0.2, -0.15) is 0 Å². The third-order valence-corrected chi connectivity index (χ3v) is 4.37. The van der Waals surface area contributed by atoms with Gasteiger partial charge in [0.15, 0.2) is 0 Å². The Kier molecular flexibility index (Phi) is 6.46. The summed E-state index contributed by atoms with van der Waals surface area (Å²) >= 11 is 0. The number of methoxy groups -OCH3 is 1. The molecule has 2 rings (SSSR count). The van der Waals surface area contributed by atoms with Crippen LogP contribution < -0.4 is 10.1 Å². The summed E-state index contributed by atoms with van der Waals surface area (Å²) in [5.74, 6) is 0.760. The van der Waals surface area contributed by atoms with Crippen LogP contribution in [0.1, 0.15) is 45.1 Å². The summed E-state index contributed by atoms with van der Waals surface area (Å²) in [5, 5.41) is 3.66. The van der Waals surface area contributed by atoms with Crippen LogP contribution in [0, 0.1) is 0 Å². The molecule has 1 aliphatic rings. The lowest BCUT2D eigenvalue weighted by atomic mass is 9.95. The van der Waals surface area contributed by atoms with E-state index >= 15 is 0 Å². The molecule has 0 saturated carbocycles. The number of pyridine rings is 1. The summed E-state index contributed by atoms with van der Waals surface area (Å²) in [6.45, 7) is 7.74. The van der Waals surface area contributed by atoms with Crippen molar-refractivity contribution >= 4 is 0 Å². The maximum Gasteiger partial charge on any atom is 0.217 e. The summed E-state index contributed by atoms with van der Waals surface area (Å²) in [4.78, 5) is 6.91. The molecule has 1 saturated heterocycles. The van der Waals surface area contributed by atoms with Gasteiger partial charge in [0.25, 0.3) is 0 Å². The number of ether oxygens (including phenoxy) is 1. The van der Waals surface area contributed by atoms with Crippen LogP contribution in [0.2, 0.25) is 0 Å². The number of nitrogens with one attached hydrogen (secondary N) is 1. The highest BCUT2D eigenvalue weighted by atomic mass is 16.5. The van der Waals surface area contributed by atoms with Gasteiger partial charge in [-0.15, -0.1) is 0 Å². The van der Waals surface area contributed by atoms with Gasteiger partial charge >= 0.3 is 0 Å². The number of hydrogen-bond acceptors (Lipinski definition) is 4. The van der Waals surface area contributed by atoms with Gasteiger partial charge in [-0.25, -0.2) is 4.98 Å². The number of aromatic nitrogens is 1. The zero-order valence-electron chi connectivity index (χ0n) is 13.6. The first-order chi connectivity index (χ1) is 10.3. The fourth-order valence-electron chi connectivity index (χ4n) is 3.23. The highest BCUT2D eigenvalue weighted by Crippen LogP contribution is 2.24. The summed E-state index contributed by atoms with van der Waals surface area (Å²) in [6, 6.07) is 5.26. The first-order valence-electron chi connectivity index (χ1n) is 8.21. The van der Waals surface area contributed by atoms with Crippen molar-refractivity contribution in [3.05, 3.63) is 23.9 Å². The van der Waals surface area contributed by atoms with Crippen molar-refractivity contribution in [2.45, 2.75) is 58.2 Å². The standard InChI is InChI=1S/C17H29N3O/c1-4-10-18-14(2)16-9-5-6-12-20(16)13-15-8-7-11-19-17(15)21-3/h7-8,11,14,16,18H,4-6,9-10,12-13H2,1-3H3. The molecule has 4 nitrogen and oxygen atoms in total. The lowest BCUT2D eigenvalue weighted by Crippen LogP contribution is -2.50. The molecule has 4 heteroatoms. The normalized spacial score (nSPS) is 21.2. The Labute approximate surface area is 128 Å². The highest BCUT2D eigenvalue weighted by Gasteiger charge is 2.27. The van der Waals surface area contributed by atoms with Gasteiger partial charge in [-0.3, -0.25) is 4.90 Å². The van der Waals surface area contributed by atoms with Crippen molar-refractivity contribution in [3.63, 3.8) is 0 Å². The van der Waals surface area contributed by atoms with Crippen LogP contribution >= 0.6 is 0 Å². The molecule has 2 atom stereocenters. The van der Waals surface area contributed by atoms with Gasteiger partial charge < -0.3 is 10.1 Å². The Morgan fingerprint density at radius 2 is 2.33 bits per heavy atom. The van der Waals surface area contributed by atoms with E-state index in [0.29, 0.717) is 12.1 Å². The van der Waals surface area contributed by atoms with Crippen LogP contribution in [0.25, 0.3) is 0 Å². The molecule has 118 valence electrons. The van der Waals surface area contributed by atoms with Gasteiger partial charge in [0, 0.05) is 30.4 Å². The Morgan fingerprint density at radius 3 is 3.10 bits per heavy atom. The zero-order valence-corrected chi connectivity index (χ0v) is 13.6. The molecule has 0 aliphatic carbocycles. The predicted octanol–water partition coefficient (Wildman–Crippen LogP) is 2.83. The van der Waals surface area contributed by atoms with E-state index in [1.54, 1.807) is 13.3 Å². The van der Waals surface area contributed by atoms with Crippen molar-refractivity contribution in [1.29, 1.82) is 0 Å². The molecule has 0 radical (unpaired) electrons. The van der Waals surface area contributed by atoms with E-state index in [2.05, 4.69) is 35.1 Å². The van der Waals surface area contributed by atoms with E-state index in [1.165, 1.54) is 37.8 Å². The van der Waals surface area contributed by atoms with Gasteiger partial charge in [-0.05, 0) is 45.3 Å². The molecular formula is C17H29N3O. The molecule has 2 unspecified atom stereocenters. The number of likely N-dealkylation sites (tertiary alicyclic amines) is 1. The summed E-state index contributed by atoms with van der Waals surface area (Å²) in [5.41, 5.74) is 1.19. The van der Waals surface area contributed by atoms with Gasteiger partial charge in [-0.1, -0.05) is 19.4 Å². The topological polar surface area (TPSA) is 37.4 Å². The second-order valence-electron chi connectivity index (χ2n) is 5.95. The van der Waals surface area contributed by atoms with Crippen molar-refractivity contribution in [3.8, 4) is 5.88 Å². The van der Waals surface area contributed by atoms with Crippen molar-refractivity contribution in [2.75, 3.05) is 20.2 Å².